The van der Waals surface area contributed by atoms with E-state index in [1.165, 1.54) is 30.3 Å². The molecular formula is C32H32N4O9S. The van der Waals surface area contributed by atoms with Crippen LogP contribution in [-0.2, 0) is 19.2 Å². The van der Waals surface area contributed by atoms with E-state index >= 15 is 0 Å². The monoisotopic (exact) mass is 648 g/mol. The summed E-state index contributed by atoms with van der Waals surface area (Å²) in [5.41, 5.74) is 4.05. The zero-order chi connectivity index (χ0) is 33.4. The first-order valence-corrected chi connectivity index (χ1v) is 15.4. The van der Waals surface area contributed by atoms with Crippen molar-refractivity contribution in [3.63, 3.8) is 0 Å². The van der Waals surface area contributed by atoms with Crippen LogP contribution in [0.4, 0.5) is 10.8 Å². The number of aliphatic hydroxyl groups is 2. The minimum atomic E-state index is -3.06. The van der Waals surface area contributed by atoms with Gasteiger partial charge in [-0.2, -0.15) is 0 Å². The molecule has 1 heterocycles. The van der Waals surface area contributed by atoms with Crippen LogP contribution in [0.25, 0.3) is 11.3 Å². The summed E-state index contributed by atoms with van der Waals surface area (Å²) in [7, 11) is 4.46. The van der Waals surface area contributed by atoms with Crippen LogP contribution in [0.2, 0.25) is 0 Å². The molecule has 0 aliphatic heterocycles. The standard InChI is InChI=1S/C32H32N4O9S/c1-12-15-9-10-16(34-31-35-17(11-46-31)13-5-7-14(45-4)8-6-13)24(37)19(15)25(38)20-18(12)26(39)22-23(36(2)3)27(40)21(30(33)43)29(42)32(22,44)28(20)41/h5-12,18,20-23,26,37,39,44H,1-4H3,(H2,33,43)(H,34,35)/t12-,18+,20?,21?,22+,23-,26-,32-/m0/s1. The van der Waals surface area contributed by atoms with Crippen molar-refractivity contribution in [3.8, 4) is 22.8 Å². The van der Waals surface area contributed by atoms with E-state index in [0.717, 1.165) is 5.56 Å². The molecule has 0 radical (unpaired) electrons. The van der Waals surface area contributed by atoms with Crippen molar-refractivity contribution in [2.24, 2.45) is 29.4 Å². The molecule has 1 aromatic heterocycles. The Bertz CT molecular complexity index is 1800. The van der Waals surface area contributed by atoms with Crippen molar-refractivity contribution in [2.75, 3.05) is 26.5 Å². The summed E-state index contributed by atoms with van der Waals surface area (Å²) in [5.74, 6) is -13.1. The second kappa shape index (κ2) is 11.1. The molecule has 6 rings (SSSR count). The van der Waals surface area contributed by atoms with Crippen molar-refractivity contribution in [2.45, 2.75) is 30.6 Å². The summed E-state index contributed by atoms with van der Waals surface area (Å²) in [5, 5.41) is 40.1. The highest BCUT2D eigenvalue weighted by Gasteiger charge is 2.72. The molecule has 3 aliphatic carbocycles. The van der Waals surface area contributed by atoms with Crippen LogP contribution in [0, 0.1) is 23.7 Å². The number of hydrogen-bond donors (Lipinski definition) is 5. The number of fused-ring (bicyclic) bond motifs is 3. The van der Waals surface area contributed by atoms with E-state index in [-0.39, 0.29) is 11.3 Å². The number of phenols is 1. The number of aromatic hydroxyl groups is 1. The minimum Gasteiger partial charge on any atom is -0.505 e. The van der Waals surface area contributed by atoms with E-state index in [9.17, 15) is 39.3 Å². The first kappa shape index (κ1) is 31.5. The number of ether oxygens (including phenoxy) is 1. The van der Waals surface area contributed by atoms with Crippen LogP contribution in [0.5, 0.6) is 11.5 Å². The number of nitrogens with two attached hydrogens (primary N) is 1. The number of benzene rings is 2. The molecule has 3 aliphatic rings. The first-order chi connectivity index (χ1) is 21.7. The van der Waals surface area contributed by atoms with Gasteiger partial charge in [-0.25, -0.2) is 4.98 Å². The number of aliphatic hydroxyl groups excluding tert-OH is 1. The highest BCUT2D eigenvalue weighted by molar-refractivity contribution is 7.14. The van der Waals surface area contributed by atoms with Gasteiger partial charge in [0, 0.05) is 16.9 Å². The van der Waals surface area contributed by atoms with Crippen molar-refractivity contribution >= 4 is 51.2 Å². The molecule has 3 aromatic rings. The lowest BCUT2D eigenvalue weighted by molar-refractivity contribution is -0.196. The molecule has 1 amide bonds. The third kappa shape index (κ3) is 4.39. The fraction of sp³-hybridized carbons (Fsp3) is 0.375. The van der Waals surface area contributed by atoms with Gasteiger partial charge in [0.15, 0.2) is 39.8 Å². The molecule has 0 bridgehead atoms. The quantitative estimate of drug-likeness (QED) is 0.189. The molecule has 2 fully saturated rings. The van der Waals surface area contributed by atoms with E-state index in [2.05, 4.69) is 10.3 Å². The van der Waals surface area contributed by atoms with Gasteiger partial charge in [-0.05, 0) is 55.9 Å². The zero-order valence-electron chi connectivity index (χ0n) is 25.3. The molecule has 2 aromatic carbocycles. The molecule has 46 heavy (non-hydrogen) atoms. The van der Waals surface area contributed by atoms with E-state index in [4.69, 9.17) is 10.5 Å². The van der Waals surface area contributed by atoms with E-state index in [1.807, 2.05) is 17.5 Å². The molecule has 13 nitrogen and oxygen atoms in total. The highest BCUT2D eigenvalue weighted by Crippen LogP contribution is 2.55. The Morgan fingerprint density at radius 1 is 1.09 bits per heavy atom. The van der Waals surface area contributed by atoms with Gasteiger partial charge in [-0.15, -0.1) is 11.3 Å². The Morgan fingerprint density at radius 2 is 1.76 bits per heavy atom. The normalized spacial score (nSPS) is 30.5. The van der Waals surface area contributed by atoms with Gasteiger partial charge in [0.1, 0.15) is 11.5 Å². The molecule has 6 N–H and O–H groups in total. The zero-order valence-corrected chi connectivity index (χ0v) is 26.1. The number of methoxy groups -OCH3 is 1. The van der Waals surface area contributed by atoms with E-state index in [1.54, 1.807) is 38.3 Å². The van der Waals surface area contributed by atoms with Gasteiger partial charge >= 0.3 is 0 Å². The average molecular weight is 649 g/mol. The molecule has 240 valence electrons. The molecule has 2 unspecified atom stereocenters. The number of primary amides is 1. The van der Waals surface area contributed by atoms with Crippen LogP contribution in [0.1, 0.15) is 28.8 Å². The summed E-state index contributed by atoms with van der Waals surface area (Å²) >= 11 is 1.26. The van der Waals surface area contributed by atoms with Gasteiger partial charge in [0.25, 0.3) is 0 Å². The van der Waals surface area contributed by atoms with Crippen LogP contribution in [0.3, 0.4) is 0 Å². The number of thiazole rings is 1. The number of carbonyl (C=O) groups excluding carboxylic acids is 5. The Kier molecular flexibility index (Phi) is 7.59. The number of anilines is 2. The fourth-order valence-electron chi connectivity index (χ4n) is 7.43. The Labute approximate surface area is 267 Å². The summed E-state index contributed by atoms with van der Waals surface area (Å²) in [6.45, 7) is 1.65. The number of Topliss-reactive ketones (excluding diaryl/α,β-unsaturated/α-hetero) is 4. The second-order valence-electron chi connectivity index (χ2n) is 12.2. The third-order valence-corrected chi connectivity index (χ3v) is 10.4. The summed E-state index contributed by atoms with van der Waals surface area (Å²) < 4.78 is 5.19. The van der Waals surface area contributed by atoms with Gasteiger partial charge in [-0.1, -0.05) is 13.0 Å². The lowest BCUT2D eigenvalue weighted by atomic mass is 9.49. The maximum absolute atomic E-state index is 14.1. The number of ketones is 4. The Hall–Kier alpha value is -4.50. The molecule has 0 saturated heterocycles. The smallest absolute Gasteiger partial charge is 0.235 e. The molecule has 8 atom stereocenters. The number of amides is 1. The van der Waals surface area contributed by atoms with E-state index < -0.39 is 82.1 Å². The molecule has 14 heteroatoms. The number of likely N-dealkylation sites (N-methyl/N-ethyl adjacent to an activating group) is 1. The number of carbonyl (C=O) groups is 5. The minimum absolute atomic E-state index is 0.120. The number of nitrogens with zero attached hydrogens (tertiary/aromatic N) is 2. The topological polar surface area (TPSA) is 209 Å². The molecular weight excluding hydrogens is 616 g/mol. The van der Waals surface area contributed by atoms with Crippen molar-refractivity contribution in [1.29, 1.82) is 0 Å². The van der Waals surface area contributed by atoms with Gasteiger partial charge in [-0.3, -0.25) is 28.9 Å². The number of phenolic OH excluding ortho intramolecular Hbond substituents is 1. The average Bonchev–Trinajstić information content (AvgIpc) is 3.48. The number of hydrogen-bond acceptors (Lipinski definition) is 13. The lowest BCUT2D eigenvalue weighted by Gasteiger charge is -2.56. The molecule has 2 saturated carbocycles. The van der Waals surface area contributed by atoms with Crippen molar-refractivity contribution in [3.05, 3.63) is 52.9 Å². The van der Waals surface area contributed by atoms with Crippen LogP contribution in [-0.4, -0.2) is 93.2 Å². The van der Waals surface area contributed by atoms with Gasteiger partial charge < -0.3 is 31.1 Å². The third-order valence-electron chi connectivity index (χ3n) is 9.62. The number of nitrogens with one attached hydrogen (secondary N) is 1. The highest BCUT2D eigenvalue weighted by atomic mass is 32.1. The number of aromatic nitrogens is 1. The Morgan fingerprint density at radius 3 is 2.37 bits per heavy atom. The van der Waals surface area contributed by atoms with Crippen LogP contribution < -0.4 is 15.8 Å². The molecule has 0 spiro atoms. The van der Waals surface area contributed by atoms with Crippen LogP contribution in [0.15, 0.2) is 41.8 Å². The predicted octanol–water partition coefficient (Wildman–Crippen LogP) is 1.27. The first-order valence-electron chi connectivity index (χ1n) is 14.5. The van der Waals surface area contributed by atoms with E-state index in [0.29, 0.717) is 22.1 Å². The van der Waals surface area contributed by atoms with Gasteiger partial charge in [0.2, 0.25) is 5.91 Å². The maximum Gasteiger partial charge on any atom is 0.235 e. The van der Waals surface area contributed by atoms with Crippen molar-refractivity contribution in [1.82, 2.24) is 9.88 Å². The second-order valence-corrected chi connectivity index (χ2v) is 13.0. The SMILES string of the molecule is COc1ccc(-c2csc(Nc3ccc4c(c3O)C(=O)C3C(=O)[C@]5(O)C(=O)C(C(N)=O)C(=O)[C@@H](N(C)C)[C@@H]5[C@@H](O)[C@@H]3[C@H]4C)n2)cc1. The largest absolute Gasteiger partial charge is 0.505 e. The maximum atomic E-state index is 14.1. The Balaban J connectivity index is 1.38. The van der Waals surface area contributed by atoms with Crippen LogP contribution >= 0.6 is 11.3 Å². The summed E-state index contributed by atoms with van der Waals surface area (Å²) in [6, 6.07) is 9.00. The summed E-state index contributed by atoms with van der Waals surface area (Å²) in [4.78, 5) is 73.2. The van der Waals surface area contributed by atoms with Gasteiger partial charge in [0.05, 0.1) is 48.0 Å². The summed E-state index contributed by atoms with van der Waals surface area (Å²) in [6.07, 6.45) is -1.69. The lowest BCUT2D eigenvalue weighted by Crippen LogP contribution is -2.77. The van der Waals surface area contributed by atoms with Crippen molar-refractivity contribution < 1.29 is 44.0 Å². The fourth-order valence-corrected chi connectivity index (χ4v) is 8.16. The predicted molar refractivity (Wildman–Crippen MR) is 165 cm³/mol. The number of rotatable bonds is 6.